The van der Waals surface area contributed by atoms with Crippen LogP contribution in [0.3, 0.4) is 0 Å². The van der Waals surface area contributed by atoms with Crippen molar-refractivity contribution in [3.05, 3.63) is 16.2 Å². The van der Waals surface area contributed by atoms with Crippen LogP contribution in [0, 0.1) is 6.92 Å². The fourth-order valence-electron chi connectivity index (χ4n) is 1.62. The summed E-state index contributed by atoms with van der Waals surface area (Å²) in [7, 11) is 1.98. The van der Waals surface area contributed by atoms with Gasteiger partial charge < -0.3 is 14.4 Å². The van der Waals surface area contributed by atoms with Gasteiger partial charge in [0.05, 0.1) is 28.8 Å². The number of pyridine rings is 1. The summed E-state index contributed by atoms with van der Waals surface area (Å²) in [5.41, 5.74) is 1.66. The second-order valence-electron chi connectivity index (χ2n) is 5.20. The van der Waals surface area contributed by atoms with Gasteiger partial charge in [0.25, 0.3) is 0 Å². The van der Waals surface area contributed by atoms with E-state index in [-0.39, 0.29) is 6.10 Å². The molecule has 124 valence electrons. The molecule has 6 heteroatoms. The molecule has 1 rings (SSSR count). The summed E-state index contributed by atoms with van der Waals surface area (Å²) in [5, 5.41) is 0. The van der Waals surface area contributed by atoms with Gasteiger partial charge in [0, 0.05) is 20.2 Å². The topological polar surface area (TPSA) is 47.0 Å². The van der Waals surface area contributed by atoms with E-state index < -0.39 is 0 Å². The molecule has 0 N–H and O–H groups in total. The zero-order chi connectivity index (χ0) is 16.5. The van der Waals surface area contributed by atoms with Gasteiger partial charge in [-0.2, -0.15) is 0 Å². The van der Waals surface area contributed by atoms with Gasteiger partial charge in [-0.1, -0.05) is 6.92 Å². The lowest BCUT2D eigenvalue weighted by Crippen LogP contribution is -2.20. The summed E-state index contributed by atoms with van der Waals surface area (Å²) in [6.45, 7) is 10.3. The van der Waals surface area contributed by atoms with Crippen LogP contribution in [0.15, 0.2) is 15.5 Å². The van der Waals surface area contributed by atoms with Gasteiger partial charge in [0.1, 0.15) is 6.10 Å². The molecule has 0 amide bonds. The van der Waals surface area contributed by atoms with Gasteiger partial charge in [-0.05, 0) is 49.2 Å². The molecule has 5 nitrogen and oxygen atoms in total. The van der Waals surface area contributed by atoms with E-state index in [9.17, 15) is 0 Å². The fraction of sp³-hybridized carbons (Fsp3) is 0.625. The molecule has 0 aliphatic heterocycles. The number of aliphatic imine (C=N–C) groups is 1. The third-order valence-corrected chi connectivity index (χ3v) is 3.58. The first-order valence-electron chi connectivity index (χ1n) is 7.63. The van der Waals surface area contributed by atoms with E-state index in [0.29, 0.717) is 12.5 Å². The Morgan fingerprint density at radius 3 is 2.82 bits per heavy atom. The highest BCUT2D eigenvalue weighted by Crippen LogP contribution is 2.30. The molecule has 0 unspecified atom stereocenters. The summed E-state index contributed by atoms with van der Waals surface area (Å²) in [6.07, 6.45) is 2.76. The lowest BCUT2D eigenvalue weighted by molar-refractivity contribution is 0.0563. The highest BCUT2D eigenvalue weighted by Gasteiger charge is 2.12. The van der Waals surface area contributed by atoms with Crippen LogP contribution in [0.1, 0.15) is 32.9 Å². The van der Waals surface area contributed by atoms with E-state index in [0.717, 1.165) is 35.4 Å². The Morgan fingerprint density at radius 2 is 2.18 bits per heavy atom. The molecule has 1 heterocycles. The first kappa shape index (κ1) is 18.9. The Balaban J connectivity index is 2.74. The third kappa shape index (κ3) is 6.32. The first-order chi connectivity index (χ1) is 10.5. The molecule has 0 fully saturated rings. The Morgan fingerprint density at radius 1 is 1.45 bits per heavy atom. The lowest BCUT2D eigenvalue weighted by Gasteiger charge is -2.16. The number of aromatic nitrogens is 1. The maximum atomic E-state index is 5.83. The van der Waals surface area contributed by atoms with Crippen LogP contribution in [0.25, 0.3) is 0 Å². The van der Waals surface area contributed by atoms with Crippen molar-refractivity contribution in [3.63, 3.8) is 0 Å². The zero-order valence-corrected chi connectivity index (χ0v) is 15.7. The minimum absolute atomic E-state index is 0.0460. The minimum Gasteiger partial charge on any atom is -0.471 e. The van der Waals surface area contributed by atoms with Gasteiger partial charge in [0.15, 0.2) is 0 Å². The Labute approximate surface area is 141 Å². The van der Waals surface area contributed by atoms with Crippen molar-refractivity contribution in [1.29, 1.82) is 0 Å². The SMILES string of the molecule is CCCOC[C@@H](C)Oc1nc(C)c(/N=C/N(C)CC)cc1Br. The third-order valence-electron chi connectivity index (χ3n) is 3.01. The largest absolute Gasteiger partial charge is 0.471 e. The molecular formula is C16H26BrN3O2. The Kier molecular flexibility index (Phi) is 8.42. The summed E-state index contributed by atoms with van der Waals surface area (Å²) < 4.78 is 12.1. The number of ether oxygens (including phenoxy) is 2. The number of halogens is 1. The molecule has 0 radical (unpaired) electrons. The average Bonchev–Trinajstić information content (AvgIpc) is 2.49. The van der Waals surface area contributed by atoms with Crippen molar-refractivity contribution in [2.75, 3.05) is 26.8 Å². The molecule has 0 aliphatic carbocycles. The molecule has 0 aliphatic rings. The molecule has 0 bridgehead atoms. The maximum Gasteiger partial charge on any atom is 0.228 e. The molecule has 0 saturated carbocycles. The highest BCUT2D eigenvalue weighted by molar-refractivity contribution is 9.10. The second-order valence-corrected chi connectivity index (χ2v) is 6.06. The van der Waals surface area contributed by atoms with Crippen LogP contribution in [0.5, 0.6) is 5.88 Å². The van der Waals surface area contributed by atoms with Crippen molar-refractivity contribution in [1.82, 2.24) is 9.88 Å². The van der Waals surface area contributed by atoms with Gasteiger partial charge in [-0.15, -0.1) is 0 Å². The smallest absolute Gasteiger partial charge is 0.228 e. The summed E-state index contributed by atoms with van der Waals surface area (Å²) in [4.78, 5) is 10.9. The van der Waals surface area contributed by atoms with Crippen molar-refractivity contribution in [2.24, 2.45) is 4.99 Å². The molecular weight excluding hydrogens is 346 g/mol. The van der Waals surface area contributed by atoms with Gasteiger partial charge >= 0.3 is 0 Å². The quantitative estimate of drug-likeness (QED) is 0.374. The Hall–Kier alpha value is -1.14. The van der Waals surface area contributed by atoms with Gasteiger partial charge in [-0.3, -0.25) is 0 Å². The Bertz CT molecular complexity index is 495. The van der Waals surface area contributed by atoms with E-state index in [1.807, 2.05) is 31.9 Å². The van der Waals surface area contributed by atoms with Crippen LogP contribution >= 0.6 is 15.9 Å². The molecule has 22 heavy (non-hydrogen) atoms. The molecule has 0 aromatic carbocycles. The second kappa shape index (κ2) is 9.79. The normalized spacial score (nSPS) is 12.6. The first-order valence-corrected chi connectivity index (χ1v) is 8.43. The predicted molar refractivity (Wildman–Crippen MR) is 94.3 cm³/mol. The van der Waals surface area contributed by atoms with Crippen molar-refractivity contribution in [2.45, 2.75) is 40.2 Å². The number of hydrogen-bond acceptors (Lipinski definition) is 4. The number of aryl methyl sites for hydroxylation is 1. The lowest BCUT2D eigenvalue weighted by atomic mass is 10.3. The van der Waals surface area contributed by atoms with Crippen LogP contribution in [-0.2, 0) is 4.74 Å². The maximum absolute atomic E-state index is 5.83. The monoisotopic (exact) mass is 371 g/mol. The van der Waals surface area contributed by atoms with Crippen LogP contribution in [0.4, 0.5) is 5.69 Å². The summed E-state index contributed by atoms with van der Waals surface area (Å²) in [6, 6.07) is 1.93. The van der Waals surface area contributed by atoms with E-state index in [1.165, 1.54) is 0 Å². The van der Waals surface area contributed by atoms with Crippen LogP contribution in [0.2, 0.25) is 0 Å². The fourth-order valence-corrected chi connectivity index (χ4v) is 2.02. The average molecular weight is 372 g/mol. The van der Waals surface area contributed by atoms with Crippen molar-refractivity contribution in [3.8, 4) is 5.88 Å². The van der Waals surface area contributed by atoms with E-state index in [1.54, 1.807) is 6.34 Å². The minimum atomic E-state index is -0.0460. The number of rotatable bonds is 9. The highest BCUT2D eigenvalue weighted by atomic mass is 79.9. The molecule has 1 atom stereocenters. The van der Waals surface area contributed by atoms with E-state index >= 15 is 0 Å². The molecule has 1 aromatic heterocycles. The predicted octanol–water partition coefficient (Wildman–Crippen LogP) is 3.96. The van der Waals surface area contributed by atoms with E-state index in [2.05, 4.69) is 39.8 Å². The standard InChI is InChI=1S/C16H26BrN3O2/c1-6-8-21-10-12(3)22-16-14(17)9-15(13(4)19-16)18-11-20(5)7-2/h9,11-12H,6-8,10H2,1-5H3/b18-11+/t12-/m1/s1. The van der Waals surface area contributed by atoms with Gasteiger partial charge in [-0.25, -0.2) is 9.98 Å². The van der Waals surface area contributed by atoms with Gasteiger partial charge in [0.2, 0.25) is 5.88 Å². The summed E-state index contributed by atoms with van der Waals surface area (Å²) in [5.74, 6) is 0.577. The van der Waals surface area contributed by atoms with Crippen LogP contribution in [-0.4, -0.2) is 49.1 Å². The summed E-state index contributed by atoms with van der Waals surface area (Å²) >= 11 is 3.50. The zero-order valence-electron chi connectivity index (χ0n) is 14.1. The van der Waals surface area contributed by atoms with Crippen molar-refractivity contribution >= 4 is 28.0 Å². The molecule has 1 aromatic rings. The van der Waals surface area contributed by atoms with Crippen LogP contribution < -0.4 is 4.74 Å². The molecule has 0 saturated heterocycles. The molecule has 0 spiro atoms. The number of nitrogens with zero attached hydrogens (tertiary/aromatic N) is 3. The van der Waals surface area contributed by atoms with E-state index in [4.69, 9.17) is 9.47 Å². The van der Waals surface area contributed by atoms with Crippen molar-refractivity contribution < 1.29 is 9.47 Å². The number of hydrogen-bond donors (Lipinski definition) is 0.